The molecule has 0 atom stereocenters. The van der Waals surface area contributed by atoms with Crippen molar-refractivity contribution in [2.45, 2.75) is 0 Å². The second kappa shape index (κ2) is 14.5. The van der Waals surface area contributed by atoms with Gasteiger partial charge in [-0.2, -0.15) is 0 Å². The molecule has 0 saturated heterocycles. The van der Waals surface area contributed by atoms with Crippen molar-refractivity contribution < 1.29 is 109 Å². The third kappa shape index (κ3) is 16.3. The zero-order valence-electron chi connectivity index (χ0n) is 12.9. The van der Waals surface area contributed by atoms with Crippen LogP contribution in [0, 0.1) is 0 Å². The van der Waals surface area contributed by atoms with Crippen molar-refractivity contribution >= 4 is 23.9 Å². The summed E-state index contributed by atoms with van der Waals surface area (Å²) in [5.41, 5.74) is 0. The summed E-state index contributed by atoms with van der Waals surface area (Å²) >= 11 is 0. The number of carboxylic acids is 4. The van der Waals surface area contributed by atoms with Crippen LogP contribution in [0.25, 0.3) is 0 Å². The Balaban J connectivity index is -0.000000602. The van der Waals surface area contributed by atoms with Crippen LogP contribution in [-0.4, -0.2) is 93.4 Å². The zero-order valence-corrected chi connectivity index (χ0v) is 15.9. The Hall–Kier alpha value is -0.0442. The van der Waals surface area contributed by atoms with Gasteiger partial charge < -0.3 is 21.9 Å². The van der Waals surface area contributed by atoms with Crippen molar-refractivity contribution in [1.29, 1.82) is 0 Å². The number of hydrogen-bond acceptors (Lipinski definition) is 6. The van der Waals surface area contributed by atoms with Gasteiger partial charge in [0.2, 0.25) is 0 Å². The first-order valence-electron chi connectivity index (χ1n) is 5.52. The first-order valence-corrected chi connectivity index (χ1v) is 5.52. The van der Waals surface area contributed by atoms with Gasteiger partial charge in [0.15, 0.2) is 0 Å². The number of carbonyl (C=O) groups is 4. The van der Waals surface area contributed by atoms with Crippen LogP contribution >= 0.6 is 0 Å². The van der Waals surface area contributed by atoms with Crippen molar-refractivity contribution in [1.82, 2.24) is 9.80 Å². The van der Waals surface area contributed by atoms with E-state index in [1.54, 1.807) is 0 Å². The number of carboxylic acid groups (broad SMARTS) is 4. The molecule has 0 aliphatic carbocycles. The molecule has 0 aromatic rings. The van der Waals surface area contributed by atoms with Crippen molar-refractivity contribution in [2.75, 3.05) is 39.3 Å². The maximum atomic E-state index is 10.6. The second-order valence-electron chi connectivity index (χ2n) is 4.00. The van der Waals surface area contributed by atoms with Crippen molar-refractivity contribution in [3.05, 3.63) is 0 Å². The third-order valence-electron chi connectivity index (χ3n) is 2.17. The van der Waals surface area contributed by atoms with Crippen molar-refractivity contribution in [3.8, 4) is 0 Å². The molecule has 0 rings (SSSR count). The molecule has 1 radical (unpaired) electrons. The largest absolute Gasteiger partial charge is 1.00 e. The van der Waals surface area contributed by atoms with Crippen LogP contribution in [0.3, 0.4) is 0 Å². The Morgan fingerprint density at radius 1 is 0.636 bits per heavy atom. The predicted molar refractivity (Wildman–Crippen MR) is 64.5 cm³/mol. The van der Waals surface area contributed by atoms with Crippen LogP contribution in [0.15, 0.2) is 0 Å². The van der Waals surface area contributed by atoms with Gasteiger partial charge >= 0.3 is 75.3 Å². The molecule has 0 unspecified atom stereocenters. The summed E-state index contributed by atoms with van der Waals surface area (Å²) in [5.74, 6) is -4.91. The van der Waals surface area contributed by atoms with E-state index >= 15 is 0 Å². The molecule has 10 nitrogen and oxygen atoms in total. The van der Waals surface area contributed by atoms with E-state index in [0.29, 0.717) is 0 Å². The molecule has 0 aliphatic rings. The first-order chi connectivity index (χ1) is 9.20. The van der Waals surface area contributed by atoms with Gasteiger partial charge in [-0.05, 0) is 0 Å². The first kappa shape index (κ1) is 26.8. The third-order valence-corrected chi connectivity index (χ3v) is 2.17. The molecule has 0 amide bonds. The quantitative estimate of drug-likeness (QED) is 0.250. The Bertz CT molecular complexity index is 333. The van der Waals surface area contributed by atoms with E-state index in [4.69, 9.17) is 20.4 Å². The zero-order chi connectivity index (χ0) is 15.7. The topological polar surface area (TPSA) is 156 Å². The molecule has 12 heteroatoms. The maximum absolute atomic E-state index is 10.6. The fourth-order valence-corrected chi connectivity index (χ4v) is 1.48. The second-order valence-corrected chi connectivity index (χ2v) is 4.00. The smallest absolute Gasteiger partial charge is 1.00 e. The molecule has 0 heterocycles. The number of nitrogens with zero attached hydrogens (tertiary/aromatic N) is 2. The summed E-state index contributed by atoms with van der Waals surface area (Å²) in [6, 6.07) is 0. The van der Waals surface area contributed by atoms with Gasteiger partial charge in [0.1, 0.15) is 0 Å². The normalized spacial score (nSPS) is 9.73. The molecule has 22 heavy (non-hydrogen) atoms. The van der Waals surface area contributed by atoms with E-state index in [1.165, 1.54) is 0 Å². The molecule has 4 N–H and O–H groups in total. The molecule has 0 aliphatic heterocycles. The molecule has 0 saturated carbocycles. The minimum atomic E-state index is -1.23. The molecule has 127 valence electrons. The Kier molecular flexibility index (Phi) is 17.7. The van der Waals surface area contributed by atoms with E-state index in [0.717, 1.165) is 9.80 Å². The fourth-order valence-electron chi connectivity index (χ4n) is 1.48. The molecule has 0 spiro atoms. The van der Waals surface area contributed by atoms with Gasteiger partial charge in [-0.3, -0.25) is 29.0 Å². The summed E-state index contributed by atoms with van der Waals surface area (Å²) in [4.78, 5) is 44.4. The molecular formula is C10H17CuKN2O8. The Morgan fingerprint density at radius 2 is 0.818 bits per heavy atom. The number of aliphatic carboxylic acids is 4. The average molecular weight is 396 g/mol. The average Bonchev–Trinajstić information content (AvgIpc) is 2.22. The van der Waals surface area contributed by atoms with Gasteiger partial charge in [-0.15, -0.1) is 0 Å². The van der Waals surface area contributed by atoms with Gasteiger partial charge in [0.05, 0.1) is 26.2 Å². The summed E-state index contributed by atoms with van der Waals surface area (Å²) in [6.45, 7) is -2.25. The minimum absolute atomic E-state index is 0. The van der Waals surface area contributed by atoms with E-state index in [9.17, 15) is 19.2 Å². The monoisotopic (exact) mass is 395 g/mol. The van der Waals surface area contributed by atoms with Crippen LogP contribution < -0.4 is 51.4 Å². The summed E-state index contributed by atoms with van der Waals surface area (Å²) in [7, 11) is 0. The van der Waals surface area contributed by atoms with Gasteiger partial charge in [-0.1, -0.05) is 0 Å². The minimum Gasteiger partial charge on any atom is -1.00 e. The van der Waals surface area contributed by atoms with Crippen LogP contribution in [-0.2, 0) is 36.2 Å². The molecular weight excluding hydrogens is 379 g/mol. The molecule has 0 aromatic heterocycles. The molecule has 0 aromatic carbocycles. The van der Waals surface area contributed by atoms with E-state index < -0.39 is 50.1 Å². The van der Waals surface area contributed by atoms with Gasteiger partial charge in [0.25, 0.3) is 0 Å². The molecule has 0 fully saturated rings. The summed E-state index contributed by atoms with van der Waals surface area (Å²) < 4.78 is 0. The van der Waals surface area contributed by atoms with Crippen LogP contribution in [0.4, 0.5) is 0 Å². The maximum Gasteiger partial charge on any atom is 1.00 e. The molecule has 0 bridgehead atoms. The standard InChI is InChI=1S/C10H16N2O8.Cu.K.H/c13-7(14)3-11(4-8(15)16)1-2-12(5-9(17)18)6-10(19)20;;;/h1-6H2,(H,13,14)(H,15,16)(H,17,18)(H,19,20);;;/q;;+1;-1. The van der Waals surface area contributed by atoms with Crippen LogP contribution in [0.1, 0.15) is 1.43 Å². The van der Waals surface area contributed by atoms with Gasteiger partial charge in [-0.25, -0.2) is 0 Å². The van der Waals surface area contributed by atoms with Crippen LogP contribution in [0.5, 0.6) is 0 Å². The van der Waals surface area contributed by atoms with E-state index in [2.05, 4.69) is 0 Å². The van der Waals surface area contributed by atoms with E-state index in [1.807, 2.05) is 0 Å². The SMILES string of the molecule is O=C(O)CN(CCN(CC(=O)O)CC(=O)O)CC(=O)O.[Cu].[H-].[K+]. The van der Waals surface area contributed by atoms with Crippen LogP contribution in [0.2, 0.25) is 0 Å². The van der Waals surface area contributed by atoms with Gasteiger partial charge in [0, 0.05) is 30.2 Å². The number of hydrogen-bond donors (Lipinski definition) is 4. The predicted octanol–water partition coefficient (Wildman–Crippen LogP) is -4.96. The number of rotatable bonds is 11. The van der Waals surface area contributed by atoms with Crippen molar-refractivity contribution in [3.63, 3.8) is 0 Å². The van der Waals surface area contributed by atoms with E-state index in [-0.39, 0.29) is 83.0 Å². The summed E-state index contributed by atoms with van der Waals surface area (Å²) in [6.07, 6.45) is 0. The fraction of sp³-hybridized carbons (Fsp3) is 0.600. The Labute approximate surface area is 180 Å². The summed E-state index contributed by atoms with van der Waals surface area (Å²) in [5, 5.41) is 34.5. The Morgan fingerprint density at radius 3 is 0.955 bits per heavy atom. The van der Waals surface area contributed by atoms with Crippen molar-refractivity contribution in [2.24, 2.45) is 0 Å².